The van der Waals surface area contributed by atoms with Crippen molar-refractivity contribution in [1.29, 1.82) is 0 Å². The Morgan fingerprint density at radius 1 is 1.42 bits per heavy atom. The molecule has 3 aromatic rings. The standard InChI is InChI=1S/C17H16N4O3/c1-23-13-4-2-3-12(7-13)14-9-20-6-5-19-16(20)10-21(14)17(22)15-8-18-11-24-15/h2-8,11,14H,9-10H2,1H3/t14-/m1/s1. The Bertz CT molecular complexity index is 856. The number of ether oxygens (including phenoxy) is 1. The second kappa shape index (κ2) is 5.84. The van der Waals surface area contributed by atoms with E-state index >= 15 is 0 Å². The first-order chi connectivity index (χ1) is 11.8. The summed E-state index contributed by atoms with van der Waals surface area (Å²) >= 11 is 0. The number of amides is 1. The van der Waals surface area contributed by atoms with Crippen LogP contribution >= 0.6 is 0 Å². The van der Waals surface area contributed by atoms with E-state index in [1.165, 1.54) is 12.6 Å². The third kappa shape index (κ3) is 2.44. The monoisotopic (exact) mass is 324 g/mol. The van der Waals surface area contributed by atoms with Crippen molar-refractivity contribution < 1.29 is 13.9 Å². The number of benzene rings is 1. The molecule has 0 aliphatic carbocycles. The number of aromatic nitrogens is 3. The van der Waals surface area contributed by atoms with Crippen LogP contribution in [0.2, 0.25) is 0 Å². The van der Waals surface area contributed by atoms with Crippen LogP contribution in [0.3, 0.4) is 0 Å². The molecule has 1 atom stereocenters. The van der Waals surface area contributed by atoms with Crippen molar-refractivity contribution in [3.63, 3.8) is 0 Å². The third-order valence-electron chi connectivity index (χ3n) is 4.24. The van der Waals surface area contributed by atoms with E-state index < -0.39 is 0 Å². The number of hydrogen-bond donors (Lipinski definition) is 0. The Kier molecular flexibility index (Phi) is 3.53. The maximum absolute atomic E-state index is 12.9. The summed E-state index contributed by atoms with van der Waals surface area (Å²) in [5, 5.41) is 0. The van der Waals surface area contributed by atoms with E-state index in [-0.39, 0.29) is 17.7 Å². The zero-order chi connectivity index (χ0) is 16.5. The highest BCUT2D eigenvalue weighted by Crippen LogP contribution is 2.32. The Morgan fingerprint density at radius 3 is 3.12 bits per heavy atom. The SMILES string of the molecule is COc1cccc([C@H]2Cn3ccnc3CN2C(=O)c2cnco2)c1. The van der Waals surface area contributed by atoms with Crippen LogP contribution in [0.25, 0.3) is 0 Å². The largest absolute Gasteiger partial charge is 0.497 e. The van der Waals surface area contributed by atoms with E-state index in [2.05, 4.69) is 14.5 Å². The molecule has 0 saturated heterocycles. The summed E-state index contributed by atoms with van der Waals surface area (Å²) in [7, 11) is 1.63. The topological polar surface area (TPSA) is 73.4 Å². The molecule has 0 fully saturated rings. The van der Waals surface area contributed by atoms with Gasteiger partial charge in [-0.05, 0) is 17.7 Å². The maximum Gasteiger partial charge on any atom is 0.292 e. The molecule has 0 N–H and O–H groups in total. The molecular formula is C17H16N4O3. The minimum atomic E-state index is -0.199. The van der Waals surface area contributed by atoms with Gasteiger partial charge in [0.25, 0.3) is 5.91 Å². The van der Waals surface area contributed by atoms with Crippen molar-refractivity contribution in [2.75, 3.05) is 7.11 Å². The van der Waals surface area contributed by atoms with Gasteiger partial charge in [-0.15, -0.1) is 0 Å². The van der Waals surface area contributed by atoms with Crippen LogP contribution < -0.4 is 4.74 Å². The van der Waals surface area contributed by atoms with E-state index in [0.717, 1.165) is 17.1 Å². The molecule has 0 bridgehead atoms. The van der Waals surface area contributed by atoms with Crippen molar-refractivity contribution in [3.8, 4) is 5.75 Å². The van der Waals surface area contributed by atoms with E-state index in [0.29, 0.717) is 13.1 Å². The second-order valence-corrected chi connectivity index (χ2v) is 5.59. The summed E-state index contributed by atoms with van der Waals surface area (Å²) < 4.78 is 12.6. The molecule has 1 amide bonds. The number of imidazole rings is 1. The molecular weight excluding hydrogens is 308 g/mol. The number of carbonyl (C=O) groups excluding carboxylic acids is 1. The van der Waals surface area contributed by atoms with E-state index in [1.807, 2.05) is 30.5 Å². The number of oxazole rings is 1. The smallest absolute Gasteiger partial charge is 0.292 e. The average molecular weight is 324 g/mol. The Morgan fingerprint density at radius 2 is 2.33 bits per heavy atom. The highest BCUT2D eigenvalue weighted by atomic mass is 16.5. The van der Waals surface area contributed by atoms with Crippen molar-refractivity contribution in [2.45, 2.75) is 19.1 Å². The van der Waals surface area contributed by atoms with Gasteiger partial charge in [0.15, 0.2) is 6.39 Å². The van der Waals surface area contributed by atoms with Crippen LogP contribution in [-0.2, 0) is 13.1 Å². The molecule has 3 heterocycles. The number of rotatable bonds is 3. The van der Waals surface area contributed by atoms with Gasteiger partial charge in [-0.1, -0.05) is 12.1 Å². The lowest BCUT2D eigenvalue weighted by Crippen LogP contribution is -2.41. The van der Waals surface area contributed by atoms with Crippen LogP contribution in [0.4, 0.5) is 0 Å². The van der Waals surface area contributed by atoms with E-state index in [9.17, 15) is 4.79 Å². The highest BCUT2D eigenvalue weighted by molar-refractivity contribution is 5.91. The molecule has 0 spiro atoms. The molecule has 122 valence electrons. The lowest BCUT2D eigenvalue weighted by molar-refractivity contribution is 0.0551. The van der Waals surface area contributed by atoms with Gasteiger partial charge in [0.05, 0.1) is 25.9 Å². The van der Waals surface area contributed by atoms with Gasteiger partial charge in [-0.25, -0.2) is 9.97 Å². The van der Waals surface area contributed by atoms with Gasteiger partial charge >= 0.3 is 0 Å². The van der Waals surface area contributed by atoms with Gasteiger partial charge < -0.3 is 18.6 Å². The second-order valence-electron chi connectivity index (χ2n) is 5.59. The predicted octanol–water partition coefficient (Wildman–Crippen LogP) is 2.28. The van der Waals surface area contributed by atoms with Crippen LogP contribution in [0.5, 0.6) is 5.75 Å². The molecule has 4 rings (SSSR count). The van der Waals surface area contributed by atoms with Gasteiger partial charge in [-0.2, -0.15) is 0 Å². The zero-order valence-electron chi connectivity index (χ0n) is 13.1. The fourth-order valence-corrected chi connectivity index (χ4v) is 3.02. The lowest BCUT2D eigenvalue weighted by atomic mass is 10.0. The maximum atomic E-state index is 12.9. The van der Waals surface area contributed by atoms with Crippen LogP contribution in [0, 0.1) is 0 Å². The first-order valence-electron chi connectivity index (χ1n) is 7.59. The van der Waals surface area contributed by atoms with Crippen LogP contribution in [0.15, 0.2) is 53.7 Å². The Labute approximate surface area is 138 Å². The minimum absolute atomic E-state index is 0.139. The van der Waals surface area contributed by atoms with Crippen molar-refractivity contribution in [2.24, 2.45) is 0 Å². The van der Waals surface area contributed by atoms with Crippen LogP contribution in [-0.4, -0.2) is 32.5 Å². The minimum Gasteiger partial charge on any atom is -0.497 e. The summed E-state index contributed by atoms with van der Waals surface area (Å²) in [6.07, 6.45) is 6.38. The molecule has 0 radical (unpaired) electrons. The fraction of sp³-hybridized carbons (Fsp3) is 0.235. The summed E-state index contributed by atoms with van der Waals surface area (Å²) in [6.45, 7) is 1.04. The highest BCUT2D eigenvalue weighted by Gasteiger charge is 2.33. The molecule has 1 aliphatic rings. The number of nitrogens with zero attached hydrogens (tertiary/aromatic N) is 4. The third-order valence-corrected chi connectivity index (χ3v) is 4.24. The predicted molar refractivity (Wildman–Crippen MR) is 84.3 cm³/mol. The normalized spacial score (nSPS) is 16.7. The quantitative estimate of drug-likeness (QED) is 0.739. The van der Waals surface area contributed by atoms with Gasteiger partial charge in [0.2, 0.25) is 5.76 Å². The first-order valence-corrected chi connectivity index (χ1v) is 7.59. The van der Waals surface area contributed by atoms with Gasteiger partial charge in [0.1, 0.15) is 11.6 Å². The number of carbonyl (C=O) groups is 1. The summed E-state index contributed by atoms with van der Waals surface area (Å²) in [5.41, 5.74) is 1.00. The van der Waals surface area contributed by atoms with E-state index in [1.54, 1.807) is 18.2 Å². The number of methoxy groups -OCH3 is 1. The number of hydrogen-bond acceptors (Lipinski definition) is 5. The molecule has 0 saturated carbocycles. The molecule has 7 heteroatoms. The van der Waals surface area contributed by atoms with Crippen molar-refractivity contribution in [3.05, 3.63) is 66.4 Å². The van der Waals surface area contributed by atoms with Crippen LogP contribution in [0.1, 0.15) is 28.0 Å². The Hall–Kier alpha value is -3.09. The van der Waals surface area contributed by atoms with Crippen molar-refractivity contribution in [1.82, 2.24) is 19.4 Å². The summed E-state index contributed by atoms with van der Waals surface area (Å²) in [4.78, 5) is 22.8. The van der Waals surface area contributed by atoms with E-state index in [4.69, 9.17) is 9.15 Å². The zero-order valence-corrected chi connectivity index (χ0v) is 13.1. The molecule has 0 unspecified atom stereocenters. The molecule has 24 heavy (non-hydrogen) atoms. The Balaban J connectivity index is 1.74. The molecule has 2 aromatic heterocycles. The van der Waals surface area contributed by atoms with Crippen molar-refractivity contribution >= 4 is 5.91 Å². The summed E-state index contributed by atoms with van der Waals surface area (Å²) in [6, 6.07) is 7.62. The number of fused-ring (bicyclic) bond motifs is 1. The van der Waals surface area contributed by atoms with Gasteiger partial charge in [-0.3, -0.25) is 4.79 Å². The lowest BCUT2D eigenvalue weighted by Gasteiger charge is -2.36. The molecule has 1 aromatic carbocycles. The fourth-order valence-electron chi connectivity index (χ4n) is 3.02. The molecule has 1 aliphatic heterocycles. The average Bonchev–Trinajstić information content (AvgIpc) is 3.31. The van der Waals surface area contributed by atoms with Gasteiger partial charge in [0, 0.05) is 18.9 Å². The summed E-state index contributed by atoms with van der Waals surface area (Å²) in [5.74, 6) is 1.63. The first kappa shape index (κ1) is 14.5. The molecule has 7 nitrogen and oxygen atoms in total.